The van der Waals surface area contributed by atoms with E-state index in [0.717, 1.165) is 17.0 Å². The Morgan fingerprint density at radius 3 is 2.17 bits per heavy atom. The van der Waals surface area contributed by atoms with Gasteiger partial charge in [-0.1, -0.05) is 33.0 Å². The van der Waals surface area contributed by atoms with Crippen molar-refractivity contribution in [2.45, 2.75) is 46.3 Å². The Balaban J connectivity index is 2.38. The predicted octanol–water partition coefficient (Wildman–Crippen LogP) is 6.35. The van der Waals surface area contributed by atoms with Crippen molar-refractivity contribution in [2.75, 3.05) is 23.5 Å². The lowest BCUT2D eigenvalue weighted by Crippen LogP contribution is -2.55. The Morgan fingerprint density at radius 1 is 1.09 bits per heavy atom. The molecule has 2 rings (SSSR count). The molecule has 2 aromatic carbocycles. The molecule has 2 aromatic rings. The molecule has 0 heterocycles. The van der Waals surface area contributed by atoms with Crippen molar-refractivity contribution in [1.29, 1.82) is 5.26 Å². The summed E-state index contributed by atoms with van der Waals surface area (Å²) in [5.74, 6) is -1.21. The summed E-state index contributed by atoms with van der Waals surface area (Å²) in [5, 5.41) is 9.00. The number of hydrogen-bond donors (Lipinski definition) is 0. The van der Waals surface area contributed by atoms with Crippen LogP contribution in [0.25, 0.3) is 0 Å². The van der Waals surface area contributed by atoms with E-state index in [1.165, 1.54) is 55.6 Å². The fourth-order valence-electron chi connectivity index (χ4n) is 3.27. The summed E-state index contributed by atoms with van der Waals surface area (Å²) in [6.45, 7) is 9.17. The van der Waals surface area contributed by atoms with E-state index in [-0.39, 0.29) is 22.5 Å². The van der Waals surface area contributed by atoms with Gasteiger partial charge in [0.05, 0.1) is 29.3 Å². The molecule has 0 unspecified atom stereocenters. The monoisotopic (exact) mass is 509 g/mol. The van der Waals surface area contributed by atoms with Gasteiger partial charge in [0.2, 0.25) is 0 Å². The molecule has 0 N–H and O–H groups in total. The van der Waals surface area contributed by atoms with Crippen LogP contribution in [0.15, 0.2) is 36.4 Å². The second-order valence-corrected chi connectivity index (χ2v) is 9.91. The van der Waals surface area contributed by atoms with E-state index >= 15 is 0 Å². The van der Waals surface area contributed by atoms with E-state index in [9.17, 15) is 22.4 Å². The molecule has 0 aromatic heterocycles. The fourth-order valence-corrected chi connectivity index (χ4v) is 3.66. The number of benzene rings is 2. The first-order valence-corrected chi connectivity index (χ1v) is 11.1. The molecule has 0 aliphatic carbocycles. The van der Waals surface area contributed by atoms with Crippen molar-refractivity contribution in [3.8, 4) is 11.8 Å². The SMILES string of the molecule is CN(C(=O)C(C)(C)N(C=S)c1ccc(OCC(C)(C)C)c(F)c1)c1ccc(C#N)c(C(F)(F)F)c1. The maximum atomic E-state index is 14.7. The van der Waals surface area contributed by atoms with E-state index in [2.05, 4.69) is 0 Å². The van der Waals surface area contributed by atoms with Gasteiger partial charge in [-0.05, 0) is 49.6 Å². The maximum absolute atomic E-state index is 14.7. The van der Waals surface area contributed by atoms with Crippen LogP contribution in [0.3, 0.4) is 0 Å². The van der Waals surface area contributed by atoms with Crippen molar-refractivity contribution in [1.82, 2.24) is 0 Å². The third-order valence-corrected chi connectivity index (χ3v) is 5.42. The number of alkyl halides is 3. The van der Waals surface area contributed by atoms with Crippen LogP contribution in [0.5, 0.6) is 5.75 Å². The molecule has 0 radical (unpaired) electrons. The molecule has 0 aliphatic rings. The van der Waals surface area contributed by atoms with Crippen LogP contribution in [0.4, 0.5) is 28.9 Å². The van der Waals surface area contributed by atoms with Gasteiger partial charge in [-0.15, -0.1) is 0 Å². The highest BCUT2D eigenvalue weighted by molar-refractivity contribution is 7.79. The normalized spacial score (nSPS) is 12.0. The lowest BCUT2D eigenvalue weighted by atomic mass is 9.98. The van der Waals surface area contributed by atoms with Gasteiger partial charge in [0.1, 0.15) is 5.54 Å². The molecule has 0 atom stereocenters. The molecule has 0 aliphatic heterocycles. The minimum atomic E-state index is -4.77. The van der Waals surface area contributed by atoms with Gasteiger partial charge < -0.3 is 14.5 Å². The smallest absolute Gasteiger partial charge is 0.417 e. The van der Waals surface area contributed by atoms with Crippen molar-refractivity contribution in [3.63, 3.8) is 0 Å². The lowest BCUT2D eigenvalue weighted by Gasteiger charge is -2.38. The van der Waals surface area contributed by atoms with Crippen molar-refractivity contribution >= 4 is 35.0 Å². The van der Waals surface area contributed by atoms with Gasteiger partial charge in [0.25, 0.3) is 5.91 Å². The molecule has 188 valence electrons. The number of thiocarbonyl (C=S) groups is 1. The number of nitriles is 1. The van der Waals surface area contributed by atoms with E-state index < -0.39 is 34.6 Å². The Labute approximate surface area is 207 Å². The average Bonchev–Trinajstić information content (AvgIpc) is 2.76. The molecule has 0 spiro atoms. The molecule has 1 amide bonds. The van der Waals surface area contributed by atoms with Crippen LogP contribution >= 0.6 is 12.2 Å². The van der Waals surface area contributed by atoms with Crippen LogP contribution in [-0.4, -0.2) is 30.6 Å². The minimum absolute atomic E-state index is 0.0477. The zero-order valence-corrected chi connectivity index (χ0v) is 21.1. The van der Waals surface area contributed by atoms with Crippen LogP contribution < -0.4 is 14.5 Å². The second-order valence-electron chi connectivity index (χ2n) is 9.70. The third kappa shape index (κ3) is 6.48. The fraction of sp³-hybridized carbons (Fsp3) is 0.400. The summed E-state index contributed by atoms with van der Waals surface area (Å²) in [6.07, 6.45) is -4.77. The summed E-state index contributed by atoms with van der Waals surface area (Å²) >= 11 is 5.10. The van der Waals surface area contributed by atoms with E-state index in [1.807, 2.05) is 20.8 Å². The number of likely N-dealkylation sites (N-methyl/N-ethyl adjacent to an activating group) is 1. The number of rotatable bonds is 7. The number of ether oxygens (including phenoxy) is 1. The summed E-state index contributed by atoms with van der Waals surface area (Å²) in [4.78, 5) is 15.8. The van der Waals surface area contributed by atoms with Crippen LogP contribution in [-0.2, 0) is 11.0 Å². The van der Waals surface area contributed by atoms with Crippen LogP contribution in [0, 0.1) is 22.6 Å². The number of amides is 1. The average molecular weight is 510 g/mol. The molecule has 35 heavy (non-hydrogen) atoms. The Morgan fingerprint density at radius 2 is 1.69 bits per heavy atom. The maximum Gasteiger partial charge on any atom is 0.417 e. The molecule has 0 saturated carbocycles. The number of hydrogen-bond acceptors (Lipinski definition) is 4. The highest BCUT2D eigenvalue weighted by atomic mass is 32.1. The van der Waals surface area contributed by atoms with Crippen molar-refractivity contribution in [3.05, 3.63) is 53.3 Å². The van der Waals surface area contributed by atoms with Crippen LogP contribution in [0.2, 0.25) is 0 Å². The van der Waals surface area contributed by atoms with Gasteiger partial charge in [0, 0.05) is 24.5 Å². The number of carbonyl (C=O) groups excluding carboxylic acids is 1. The molecule has 10 heteroatoms. The number of anilines is 2. The largest absolute Gasteiger partial charge is 0.490 e. The predicted molar refractivity (Wildman–Crippen MR) is 131 cm³/mol. The molecule has 0 bridgehead atoms. The quantitative estimate of drug-likeness (QED) is 0.322. The highest BCUT2D eigenvalue weighted by Crippen LogP contribution is 2.35. The third-order valence-electron chi connectivity index (χ3n) is 5.21. The first-order chi connectivity index (χ1) is 16.0. The van der Waals surface area contributed by atoms with Gasteiger partial charge >= 0.3 is 6.18 Å². The standard InChI is InChI=1S/C25H27F4N3O2S/c1-23(2,3)14-34-21-10-9-18(12-20(21)26)32(15-35)24(4,5)22(33)31(6)17-8-7-16(13-30)19(11-17)25(27,28)29/h7-12,15H,14H2,1-6H3. The lowest BCUT2D eigenvalue weighted by molar-refractivity contribution is -0.137. The molecular weight excluding hydrogens is 482 g/mol. The molecule has 0 saturated heterocycles. The van der Waals surface area contributed by atoms with Gasteiger partial charge in [-0.3, -0.25) is 4.79 Å². The first kappa shape index (κ1) is 28.1. The van der Waals surface area contributed by atoms with E-state index in [0.29, 0.717) is 6.61 Å². The summed E-state index contributed by atoms with van der Waals surface area (Å²) < 4.78 is 60.4. The number of halogens is 4. The summed E-state index contributed by atoms with van der Waals surface area (Å²) in [7, 11) is 1.32. The van der Waals surface area contributed by atoms with E-state index in [4.69, 9.17) is 22.2 Å². The summed E-state index contributed by atoms with van der Waals surface area (Å²) in [5.41, 5.74) is -1.89. The van der Waals surface area contributed by atoms with Gasteiger partial charge in [-0.25, -0.2) is 4.39 Å². The number of carbonyl (C=O) groups is 1. The van der Waals surface area contributed by atoms with Gasteiger partial charge in [-0.2, -0.15) is 18.4 Å². The minimum Gasteiger partial charge on any atom is -0.490 e. The molecular formula is C25H27F4N3O2S. The Hall–Kier alpha value is -3.19. The van der Waals surface area contributed by atoms with Crippen molar-refractivity contribution in [2.24, 2.45) is 5.41 Å². The van der Waals surface area contributed by atoms with E-state index in [1.54, 1.807) is 6.07 Å². The van der Waals surface area contributed by atoms with Gasteiger partial charge in [0.15, 0.2) is 11.6 Å². The number of nitrogens with zero attached hydrogens (tertiary/aromatic N) is 3. The summed E-state index contributed by atoms with van der Waals surface area (Å²) in [6, 6.07) is 8.68. The topological polar surface area (TPSA) is 56.6 Å². The zero-order valence-electron chi connectivity index (χ0n) is 20.3. The first-order valence-electron chi connectivity index (χ1n) is 10.6. The highest BCUT2D eigenvalue weighted by Gasteiger charge is 2.39. The Bertz CT molecular complexity index is 1150. The second kappa shape index (κ2) is 10.2. The zero-order chi connectivity index (χ0) is 26.8. The molecule has 0 fully saturated rings. The Kier molecular flexibility index (Phi) is 8.17. The van der Waals surface area contributed by atoms with Crippen molar-refractivity contribution < 1.29 is 27.1 Å². The van der Waals surface area contributed by atoms with Crippen LogP contribution in [0.1, 0.15) is 45.7 Å². The molecule has 5 nitrogen and oxygen atoms in total.